The molecule has 0 saturated carbocycles. The molecule has 512 valence electrons. The van der Waals surface area contributed by atoms with Gasteiger partial charge in [0.2, 0.25) is 0 Å². The molecule has 0 bridgehead atoms. The normalized spacial score (nSPS) is 13.2. The SMILES string of the molecule is CC(C)(C)c1cc(-c2ccc3c(c2)B2c4cc(-c5ccccc5)ccc4N(c4c(-c5ccccc5)cc(C(C)(C)C)cc4-c4ccccc4)c4cc(-n5c6ccc7cccc8c9cccc%10ccc5c(c%109)c6c78)cc(c42)N3c2c(-c3ccccc3)cc(C(C)(C)C)cc2-c2ccccc2)cc(C(C)(C)C)c1. The van der Waals surface area contributed by atoms with Crippen molar-refractivity contribution in [3.05, 3.63) is 326 Å². The molecule has 0 spiro atoms. The number of hydrogen-bond acceptors (Lipinski definition) is 2. The van der Waals surface area contributed by atoms with Crippen LogP contribution in [0.4, 0.5) is 34.1 Å². The molecule has 4 heteroatoms. The first kappa shape index (κ1) is 65.1. The number of fused-ring (bicyclic) bond motifs is 5. The lowest BCUT2D eigenvalue weighted by Gasteiger charge is -2.46. The second-order valence-corrected chi connectivity index (χ2v) is 34.1. The Balaban J connectivity index is 1.04. The van der Waals surface area contributed by atoms with Gasteiger partial charge in [-0.1, -0.05) is 326 Å². The highest BCUT2D eigenvalue weighted by Gasteiger charge is 2.47. The molecule has 0 amide bonds. The van der Waals surface area contributed by atoms with E-state index in [1.54, 1.807) is 0 Å². The minimum absolute atomic E-state index is 0.103. The first-order chi connectivity index (χ1) is 51.1. The van der Waals surface area contributed by atoms with Gasteiger partial charge in [0.25, 0.3) is 6.71 Å². The van der Waals surface area contributed by atoms with Gasteiger partial charge in [-0.25, -0.2) is 0 Å². The minimum Gasteiger partial charge on any atom is -0.310 e. The molecule has 1 aromatic heterocycles. The van der Waals surface area contributed by atoms with Gasteiger partial charge >= 0.3 is 0 Å². The summed E-state index contributed by atoms with van der Waals surface area (Å²) in [6.45, 7) is 28.1. The summed E-state index contributed by atoms with van der Waals surface area (Å²) in [4.78, 5) is 5.48. The molecular weight excluding hydrogens is 1280 g/mol. The molecular formula is C102H86BN3. The van der Waals surface area contributed by atoms with Crippen LogP contribution >= 0.6 is 0 Å². The van der Waals surface area contributed by atoms with Crippen LogP contribution in [-0.4, -0.2) is 11.3 Å². The van der Waals surface area contributed by atoms with E-state index < -0.39 is 0 Å². The summed E-state index contributed by atoms with van der Waals surface area (Å²) >= 11 is 0. The van der Waals surface area contributed by atoms with Gasteiger partial charge in [-0.3, -0.25) is 0 Å². The van der Waals surface area contributed by atoms with Crippen molar-refractivity contribution >= 4 is 111 Å². The van der Waals surface area contributed by atoms with Crippen molar-refractivity contribution in [1.82, 2.24) is 4.57 Å². The quantitative estimate of drug-likeness (QED) is 0.0811. The lowest BCUT2D eigenvalue weighted by molar-refractivity contribution is 0.569. The second kappa shape index (κ2) is 23.9. The van der Waals surface area contributed by atoms with Gasteiger partial charge in [0, 0.05) is 55.8 Å². The summed E-state index contributed by atoms with van der Waals surface area (Å²) in [7, 11) is 0. The van der Waals surface area contributed by atoms with E-state index in [4.69, 9.17) is 0 Å². The van der Waals surface area contributed by atoms with Gasteiger partial charge in [-0.2, -0.15) is 0 Å². The molecule has 2 aliphatic rings. The Labute approximate surface area is 624 Å². The Morgan fingerprint density at radius 3 is 0.943 bits per heavy atom. The summed E-state index contributed by atoms with van der Waals surface area (Å²) in [5.74, 6) is 0. The van der Waals surface area contributed by atoms with Crippen LogP contribution in [0.3, 0.4) is 0 Å². The first-order valence-electron chi connectivity index (χ1n) is 37.9. The van der Waals surface area contributed by atoms with Crippen molar-refractivity contribution in [2.45, 2.75) is 105 Å². The third-order valence-corrected chi connectivity index (χ3v) is 23.2. The zero-order valence-electron chi connectivity index (χ0n) is 62.8. The Morgan fingerprint density at radius 1 is 0.245 bits per heavy atom. The number of rotatable bonds is 9. The van der Waals surface area contributed by atoms with E-state index in [1.807, 2.05) is 0 Å². The predicted molar refractivity (Wildman–Crippen MR) is 457 cm³/mol. The molecule has 0 radical (unpaired) electrons. The van der Waals surface area contributed by atoms with Crippen LogP contribution in [0.15, 0.2) is 303 Å². The molecule has 2 aliphatic heterocycles. The molecule has 0 unspecified atom stereocenters. The van der Waals surface area contributed by atoms with Gasteiger partial charge < -0.3 is 14.4 Å². The highest BCUT2D eigenvalue weighted by Crippen LogP contribution is 2.57. The lowest BCUT2D eigenvalue weighted by atomic mass is 9.33. The van der Waals surface area contributed by atoms with E-state index in [0.717, 1.165) is 62.1 Å². The highest BCUT2D eigenvalue weighted by molar-refractivity contribution is 7.00. The monoisotopic (exact) mass is 1360 g/mol. The van der Waals surface area contributed by atoms with Crippen LogP contribution in [0.1, 0.15) is 105 Å². The number of nitrogens with zero attached hydrogens (tertiary/aromatic N) is 3. The Kier molecular flexibility index (Phi) is 14.7. The first-order valence-corrected chi connectivity index (χ1v) is 37.9. The molecule has 0 atom stereocenters. The van der Waals surface area contributed by atoms with E-state index >= 15 is 0 Å². The molecule has 0 N–H and O–H groups in total. The largest absolute Gasteiger partial charge is 0.310 e. The lowest BCUT2D eigenvalue weighted by Crippen LogP contribution is -2.61. The maximum absolute atomic E-state index is 2.75. The van der Waals surface area contributed by atoms with Gasteiger partial charge in [-0.15, -0.1) is 0 Å². The van der Waals surface area contributed by atoms with Gasteiger partial charge in [0.05, 0.1) is 28.1 Å². The maximum atomic E-state index is 2.75. The second-order valence-electron chi connectivity index (χ2n) is 34.1. The molecule has 0 saturated heterocycles. The molecule has 3 heterocycles. The number of aromatic nitrogens is 1. The van der Waals surface area contributed by atoms with Gasteiger partial charge in [0.15, 0.2) is 0 Å². The fraction of sp³-hybridized carbons (Fsp3) is 0.157. The Bertz CT molecular complexity index is 6060. The standard InChI is InChI=1S/C102H86BN3/c1-99(2,3)73-52-72(53-74(56-73)100(4,5)6)71-47-49-87-85(55-71)103-84-54-70(63-30-18-13-19-31-63)46-48-86(84)105(97-80(64-32-20-14-21-33-64)57-75(101(7,8)9)58-81(97)65-34-22-15-23-35-65)90-61-77(104-88-50-44-68-40-28-42-78-79-43-29-41-69-45-51-89(104)95(93(69)79)94(88)92(68)78)62-91(96(90)103)106(87)98-82(66-36-24-16-25-37-66)59-76(102(10,11)12)60-83(98)67-38-26-17-27-39-67/h13-62H,1-12H3. The molecule has 19 rings (SSSR count). The third kappa shape index (κ3) is 10.4. The fourth-order valence-electron chi connectivity index (χ4n) is 17.7. The molecule has 3 nitrogen and oxygen atoms in total. The van der Waals surface area contributed by atoms with Crippen LogP contribution in [0.2, 0.25) is 0 Å². The summed E-state index contributed by atoms with van der Waals surface area (Å²) in [5, 5.41) is 10.3. The average Bonchev–Trinajstić information content (AvgIpc) is 1.44. The van der Waals surface area contributed by atoms with Gasteiger partial charge in [-0.05, 0) is 198 Å². The highest BCUT2D eigenvalue weighted by atomic mass is 15.2. The Morgan fingerprint density at radius 2 is 0.585 bits per heavy atom. The summed E-state index contributed by atoms with van der Waals surface area (Å²) < 4.78 is 2.64. The molecule has 0 aliphatic carbocycles. The van der Waals surface area contributed by atoms with Crippen LogP contribution in [-0.2, 0) is 21.7 Å². The average molecular weight is 1360 g/mol. The zero-order chi connectivity index (χ0) is 72.4. The van der Waals surface area contributed by atoms with Crippen LogP contribution < -0.4 is 26.2 Å². The number of anilines is 6. The summed E-state index contributed by atoms with van der Waals surface area (Å²) in [6.07, 6.45) is 0. The fourth-order valence-corrected chi connectivity index (χ4v) is 17.7. The third-order valence-electron chi connectivity index (χ3n) is 23.2. The van der Waals surface area contributed by atoms with E-state index in [9.17, 15) is 0 Å². The van der Waals surface area contributed by atoms with Crippen LogP contribution in [0, 0.1) is 0 Å². The maximum Gasteiger partial charge on any atom is 0.252 e. The van der Waals surface area contributed by atoms with E-state index in [0.29, 0.717) is 0 Å². The number of hydrogen-bond donors (Lipinski definition) is 0. The topological polar surface area (TPSA) is 11.4 Å². The summed E-state index contributed by atoms with van der Waals surface area (Å²) in [5.41, 5.74) is 32.6. The van der Waals surface area contributed by atoms with Crippen molar-refractivity contribution < 1.29 is 0 Å². The Hall–Kier alpha value is -11.7. The molecule has 106 heavy (non-hydrogen) atoms. The smallest absolute Gasteiger partial charge is 0.252 e. The summed E-state index contributed by atoms with van der Waals surface area (Å²) in [6, 6.07) is 117. The molecule has 17 aromatic rings. The van der Waals surface area contributed by atoms with Crippen LogP contribution in [0.25, 0.3) is 127 Å². The number of benzene rings is 16. The van der Waals surface area contributed by atoms with E-state index in [-0.39, 0.29) is 28.4 Å². The zero-order valence-corrected chi connectivity index (χ0v) is 62.8. The molecule has 16 aromatic carbocycles. The van der Waals surface area contributed by atoms with Crippen molar-refractivity contribution in [3.63, 3.8) is 0 Å². The van der Waals surface area contributed by atoms with Gasteiger partial charge in [0.1, 0.15) is 0 Å². The van der Waals surface area contributed by atoms with Crippen molar-refractivity contribution in [2.24, 2.45) is 0 Å². The van der Waals surface area contributed by atoms with Crippen molar-refractivity contribution in [1.29, 1.82) is 0 Å². The van der Waals surface area contributed by atoms with E-state index in [1.165, 1.54) is 137 Å². The predicted octanol–water partition coefficient (Wildman–Crippen LogP) is 26.4. The minimum atomic E-state index is -0.283. The van der Waals surface area contributed by atoms with Crippen molar-refractivity contribution in [3.8, 4) is 72.4 Å². The van der Waals surface area contributed by atoms with Crippen molar-refractivity contribution in [2.75, 3.05) is 9.80 Å². The van der Waals surface area contributed by atoms with E-state index in [2.05, 4.69) is 401 Å². The van der Waals surface area contributed by atoms with Crippen LogP contribution in [0.5, 0.6) is 0 Å². The molecule has 0 fully saturated rings.